The summed E-state index contributed by atoms with van der Waals surface area (Å²) in [6, 6.07) is 5.61. The molecule has 1 heterocycles. The lowest BCUT2D eigenvalue weighted by Gasteiger charge is -1.94. The highest BCUT2D eigenvalue weighted by Crippen LogP contribution is 2.21. The molecule has 0 aliphatic carbocycles. The molecule has 1 N–H and O–H groups in total. The van der Waals surface area contributed by atoms with E-state index < -0.39 is 0 Å². The zero-order chi connectivity index (χ0) is 10.1. The Kier molecular flexibility index (Phi) is 2.28. The molecule has 2 rings (SSSR count). The second-order valence-corrected chi connectivity index (χ2v) is 3.76. The fourth-order valence-corrected chi connectivity index (χ4v) is 1.80. The van der Waals surface area contributed by atoms with Gasteiger partial charge in [0.15, 0.2) is 0 Å². The minimum Gasteiger partial charge on any atom is -0.356 e. The normalized spacial score (nSPS) is 11.1. The molecule has 2 heteroatoms. The van der Waals surface area contributed by atoms with E-state index in [1.54, 1.807) is 6.07 Å². The fourth-order valence-electron chi connectivity index (χ4n) is 1.80. The van der Waals surface area contributed by atoms with Crippen molar-refractivity contribution in [2.45, 2.75) is 26.7 Å². The maximum atomic E-state index is 13.5. The quantitative estimate of drug-likeness (QED) is 0.747. The second kappa shape index (κ2) is 3.45. The molecule has 0 aliphatic rings. The summed E-state index contributed by atoms with van der Waals surface area (Å²) >= 11 is 0. The predicted molar refractivity (Wildman–Crippen MR) is 57.0 cm³/mol. The first-order chi connectivity index (χ1) is 6.70. The van der Waals surface area contributed by atoms with Gasteiger partial charge in [-0.15, -0.1) is 0 Å². The third-order valence-electron chi connectivity index (χ3n) is 2.40. The van der Waals surface area contributed by atoms with Gasteiger partial charge < -0.3 is 4.98 Å². The van der Waals surface area contributed by atoms with Crippen LogP contribution in [0.15, 0.2) is 18.2 Å². The minimum atomic E-state index is -0.151. The van der Waals surface area contributed by atoms with Crippen LogP contribution < -0.4 is 0 Å². The Morgan fingerprint density at radius 1 is 1.29 bits per heavy atom. The van der Waals surface area contributed by atoms with Crippen LogP contribution >= 0.6 is 0 Å². The Morgan fingerprint density at radius 3 is 2.79 bits per heavy atom. The second-order valence-electron chi connectivity index (χ2n) is 3.76. The Bertz CT molecular complexity index is 457. The van der Waals surface area contributed by atoms with E-state index in [1.165, 1.54) is 0 Å². The Labute approximate surface area is 82.9 Å². The molecule has 74 valence electrons. The van der Waals surface area contributed by atoms with Crippen LogP contribution in [0.3, 0.4) is 0 Å². The largest absolute Gasteiger partial charge is 0.356 e. The van der Waals surface area contributed by atoms with Gasteiger partial charge in [-0.25, -0.2) is 4.39 Å². The van der Waals surface area contributed by atoms with Gasteiger partial charge in [0.2, 0.25) is 0 Å². The van der Waals surface area contributed by atoms with E-state index in [0.717, 1.165) is 29.5 Å². The van der Waals surface area contributed by atoms with Crippen LogP contribution in [0.1, 0.15) is 24.6 Å². The first kappa shape index (κ1) is 9.25. The molecule has 1 aromatic carbocycles. The molecule has 1 aromatic heterocycles. The van der Waals surface area contributed by atoms with Crippen LogP contribution in [-0.2, 0) is 6.42 Å². The molecule has 0 radical (unpaired) electrons. The van der Waals surface area contributed by atoms with Crippen LogP contribution in [-0.4, -0.2) is 4.98 Å². The van der Waals surface area contributed by atoms with Gasteiger partial charge in [-0.3, -0.25) is 0 Å². The van der Waals surface area contributed by atoms with Crippen molar-refractivity contribution in [3.8, 4) is 0 Å². The van der Waals surface area contributed by atoms with E-state index in [-0.39, 0.29) is 5.82 Å². The van der Waals surface area contributed by atoms with E-state index in [2.05, 4.69) is 11.9 Å². The number of halogens is 1. The molecule has 0 saturated heterocycles. The lowest BCUT2D eigenvalue weighted by molar-refractivity contribution is 0.636. The number of nitrogens with one attached hydrogen (secondary N) is 1. The van der Waals surface area contributed by atoms with Gasteiger partial charge in [-0.2, -0.15) is 0 Å². The zero-order valence-electron chi connectivity index (χ0n) is 8.52. The monoisotopic (exact) mass is 191 g/mol. The van der Waals surface area contributed by atoms with Crippen LogP contribution in [0.2, 0.25) is 0 Å². The van der Waals surface area contributed by atoms with Gasteiger partial charge in [0.25, 0.3) is 0 Å². The summed E-state index contributed by atoms with van der Waals surface area (Å²) < 4.78 is 13.5. The molecule has 0 saturated carbocycles. The molecule has 0 aliphatic heterocycles. The van der Waals surface area contributed by atoms with E-state index in [4.69, 9.17) is 0 Å². The molecule has 0 amide bonds. The first-order valence-corrected chi connectivity index (χ1v) is 4.98. The average molecular weight is 191 g/mol. The van der Waals surface area contributed by atoms with Crippen molar-refractivity contribution in [1.82, 2.24) is 4.98 Å². The Hall–Kier alpha value is -1.31. The van der Waals surface area contributed by atoms with Gasteiger partial charge in [-0.05, 0) is 37.1 Å². The number of aryl methyl sites for hydroxylation is 2. The number of benzene rings is 1. The molecule has 1 nitrogen and oxygen atoms in total. The lowest BCUT2D eigenvalue weighted by atomic mass is 10.1. The Morgan fingerprint density at radius 2 is 2.07 bits per heavy atom. The van der Waals surface area contributed by atoms with Crippen molar-refractivity contribution >= 4 is 10.9 Å². The SMILES string of the molecule is CCCc1cc2cc(C)cc(F)c2[nH]1. The number of hydrogen-bond donors (Lipinski definition) is 1. The molecular formula is C12H14FN. The summed E-state index contributed by atoms with van der Waals surface area (Å²) in [7, 11) is 0. The predicted octanol–water partition coefficient (Wildman–Crippen LogP) is 3.57. The summed E-state index contributed by atoms with van der Waals surface area (Å²) in [6.07, 6.45) is 2.06. The topological polar surface area (TPSA) is 15.8 Å². The summed E-state index contributed by atoms with van der Waals surface area (Å²) in [5.41, 5.74) is 2.73. The van der Waals surface area contributed by atoms with Gasteiger partial charge in [-0.1, -0.05) is 13.3 Å². The lowest BCUT2D eigenvalue weighted by Crippen LogP contribution is -1.82. The van der Waals surface area contributed by atoms with Crippen LogP contribution in [0.25, 0.3) is 10.9 Å². The van der Waals surface area contributed by atoms with Gasteiger partial charge in [0, 0.05) is 11.1 Å². The van der Waals surface area contributed by atoms with E-state index >= 15 is 0 Å². The van der Waals surface area contributed by atoms with Crippen LogP contribution in [0.5, 0.6) is 0 Å². The number of rotatable bonds is 2. The highest BCUT2D eigenvalue weighted by atomic mass is 19.1. The maximum Gasteiger partial charge on any atom is 0.147 e. The van der Waals surface area contributed by atoms with Gasteiger partial charge in [0.1, 0.15) is 5.82 Å². The number of fused-ring (bicyclic) bond motifs is 1. The number of aromatic amines is 1. The van der Waals surface area contributed by atoms with Crippen molar-refractivity contribution in [3.05, 3.63) is 35.3 Å². The fraction of sp³-hybridized carbons (Fsp3) is 0.333. The van der Waals surface area contributed by atoms with Gasteiger partial charge >= 0.3 is 0 Å². The highest BCUT2D eigenvalue weighted by Gasteiger charge is 2.05. The first-order valence-electron chi connectivity index (χ1n) is 4.98. The molecule has 0 unspecified atom stereocenters. The maximum absolute atomic E-state index is 13.5. The van der Waals surface area contributed by atoms with Crippen molar-refractivity contribution in [2.75, 3.05) is 0 Å². The molecule has 0 atom stereocenters. The summed E-state index contributed by atoms with van der Waals surface area (Å²) in [5.74, 6) is -0.151. The van der Waals surface area contributed by atoms with Crippen molar-refractivity contribution in [1.29, 1.82) is 0 Å². The van der Waals surface area contributed by atoms with Crippen LogP contribution in [0.4, 0.5) is 4.39 Å². The minimum absolute atomic E-state index is 0.151. The zero-order valence-corrected chi connectivity index (χ0v) is 8.52. The number of aromatic nitrogens is 1. The average Bonchev–Trinajstić information content (AvgIpc) is 2.48. The van der Waals surface area contributed by atoms with E-state index in [9.17, 15) is 4.39 Å². The molecule has 0 bridgehead atoms. The number of hydrogen-bond acceptors (Lipinski definition) is 0. The summed E-state index contributed by atoms with van der Waals surface area (Å²) in [4.78, 5) is 3.12. The highest BCUT2D eigenvalue weighted by molar-refractivity contribution is 5.81. The molecule has 14 heavy (non-hydrogen) atoms. The van der Waals surface area contributed by atoms with E-state index in [1.807, 2.05) is 19.1 Å². The standard InChI is InChI=1S/C12H14FN/c1-3-4-10-7-9-5-8(2)6-11(13)12(9)14-10/h5-7,14H,3-4H2,1-2H3. The third kappa shape index (κ3) is 1.52. The van der Waals surface area contributed by atoms with Crippen molar-refractivity contribution in [2.24, 2.45) is 0 Å². The molecule has 0 spiro atoms. The summed E-state index contributed by atoms with van der Waals surface area (Å²) in [5, 5.41) is 0.978. The molecular weight excluding hydrogens is 177 g/mol. The van der Waals surface area contributed by atoms with Gasteiger partial charge in [0.05, 0.1) is 5.52 Å². The molecule has 0 fully saturated rings. The van der Waals surface area contributed by atoms with Crippen molar-refractivity contribution in [3.63, 3.8) is 0 Å². The number of H-pyrrole nitrogens is 1. The Balaban J connectivity index is 2.58. The van der Waals surface area contributed by atoms with Crippen molar-refractivity contribution < 1.29 is 4.39 Å². The molecule has 2 aromatic rings. The summed E-state index contributed by atoms with van der Waals surface area (Å²) in [6.45, 7) is 4.03. The smallest absolute Gasteiger partial charge is 0.147 e. The third-order valence-corrected chi connectivity index (χ3v) is 2.40. The van der Waals surface area contributed by atoms with E-state index in [0.29, 0.717) is 5.52 Å². The van der Waals surface area contributed by atoms with Crippen LogP contribution in [0, 0.1) is 12.7 Å².